The Balaban J connectivity index is 2.58. The van der Waals surface area contributed by atoms with Gasteiger partial charge in [0.05, 0.1) is 5.56 Å². The van der Waals surface area contributed by atoms with Crippen LogP contribution in [-0.4, -0.2) is 21.3 Å². The number of allylic oxidation sites excluding steroid dienone is 4. The zero-order chi connectivity index (χ0) is 12.6. The van der Waals surface area contributed by atoms with Crippen molar-refractivity contribution in [2.24, 2.45) is 0 Å². The number of aromatic amines is 2. The Hall–Kier alpha value is -1.46. The van der Waals surface area contributed by atoms with Crippen molar-refractivity contribution in [3.8, 4) is 0 Å². The van der Waals surface area contributed by atoms with Crippen LogP contribution in [0.1, 0.15) is 22.5 Å². The van der Waals surface area contributed by atoms with Crippen LogP contribution >= 0.6 is 23.2 Å². The number of hydrogen-bond acceptors (Lipinski definition) is 2. The van der Waals surface area contributed by atoms with E-state index in [2.05, 4.69) is 10.2 Å². The van der Waals surface area contributed by atoms with Gasteiger partial charge >= 0.3 is 5.97 Å². The minimum absolute atomic E-state index is 0.0332. The molecule has 1 atom stereocenters. The number of H-pyrrole nitrogens is 2. The number of rotatable bonds is 2. The van der Waals surface area contributed by atoms with Crippen LogP contribution in [-0.2, 0) is 4.87 Å². The van der Waals surface area contributed by atoms with Gasteiger partial charge in [0, 0.05) is 11.5 Å². The lowest BCUT2D eigenvalue weighted by atomic mass is 9.91. The Bertz CT molecular complexity index is 585. The normalized spacial score (nSPS) is 23.5. The van der Waals surface area contributed by atoms with E-state index >= 15 is 0 Å². The summed E-state index contributed by atoms with van der Waals surface area (Å²) in [5, 5.41) is 13.9. The Kier molecular flexibility index (Phi) is 2.89. The molecule has 17 heavy (non-hydrogen) atoms. The summed E-state index contributed by atoms with van der Waals surface area (Å²) in [5.41, 5.74) is -0.844. The van der Waals surface area contributed by atoms with Gasteiger partial charge in [0.1, 0.15) is 4.87 Å². The van der Waals surface area contributed by atoms with Crippen LogP contribution in [0, 0.1) is 0 Å². The van der Waals surface area contributed by atoms with Gasteiger partial charge in [0.2, 0.25) is 0 Å². The topological polar surface area (TPSA) is 85.9 Å². The predicted molar refractivity (Wildman–Crippen MR) is 63.6 cm³/mol. The Morgan fingerprint density at radius 2 is 2.18 bits per heavy atom. The number of carboxylic acids is 1. The summed E-state index contributed by atoms with van der Waals surface area (Å²) in [6, 6.07) is 0. The molecular weight excluding hydrogens is 267 g/mol. The molecule has 3 N–H and O–H groups in total. The van der Waals surface area contributed by atoms with E-state index in [0.717, 1.165) is 0 Å². The highest BCUT2D eigenvalue weighted by atomic mass is 35.5. The number of aromatic carboxylic acids is 1. The van der Waals surface area contributed by atoms with E-state index in [1.807, 2.05) is 0 Å². The number of carbonyl (C=O) groups is 1. The summed E-state index contributed by atoms with van der Waals surface area (Å²) in [7, 11) is 0. The first-order valence-corrected chi connectivity index (χ1v) is 5.47. The fourth-order valence-corrected chi connectivity index (χ4v) is 2.50. The van der Waals surface area contributed by atoms with E-state index in [4.69, 9.17) is 28.3 Å². The smallest absolute Gasteiger partial charge is 0.354 e. The fraction of sp³-hybridized carbons (Fsp3) is 0.200. The van der Waals surface area contributed by atoms with Crippen LogP contribution in [0.15, 0.2) is 28.1 Å². The summed E-state index contributed by atoms with van der Waals surface area (Å²) in [6.45, 7) is 0. The number of hydrogen-bond donors (Lipinski definition) is 3. The molecule has 1 aliphatic carbocycles. The van der Waals surface area contributed by atoms with E-state index in [1.165, 1.54) is 0 Å². The minimum Gasteiger partial charge on any atom is -0.477 e. The molecule has 0 fully saturated rings. The Morgan fingerprint density at radius 3 is 2.76 bits per heavy atom. The molecule has 0 aromatic carbocycles. The van der Waals surface area contributed by atoms with Crippen molar-refractivity contribution in [1.82, 2.24) is 10.2 Å². The monoisotopic (exact) mass is 274 g/mol. The fourth-order valence-electron chi connectivity index (χ4n) is 1.76. The number of carboxylic acid groups (broad SMARTS) is 1. The van der Waals surface area contributed by atoms with Crippen molar-refractivity contribution >= 4 is 29.2 Å². The highest BCUT2D eigenvalue weighted by Crippen LogP contribution is 2.40. The third-order valence-corrected chi connectivity index (χ3v) is 3.18. The lowest BCUT2D eigenvalue weighted by Gasteiger charge is -2.24. The summed E-state index contributed by atoms with van der Waals surface area (Å²) < 4.78 is 0. The highest BCUT2D eigenvalue weighted by Gasteiger charge is 2.37. The van der Waals surface area contributed by atoms with E-state index < -0.39 is 16.4 Å². The van der Waals surface area contributed by atoms with Crippen molar-refractivity contribution in [2.75, 3.05) is 0 Å². The molecule has 0 bridgehead atoms. The van der Waals surface area contributed by atoms with E-state index in [-0.39, 0.29) is 17.7 Å². The highest BCUT2D eigenvalue weighted by molar-refractivity contribution is 6.32. The minimum atomic E-state index is -1.25. The molecule has 0 aliphatic heterocycles. The second-order valence-electron chi connectivity index (χ2n) is 3.65. The molecule has 0 amide bonds. The van der Waals surface area contributed by atoms with Gasteiger partial charge in [-0.05, 0) is 6.08 Å². The summed E-state index contributed by atoms with van der Waals surface area (Å²) in [6.07, 6.45) is 4.96. The lowest BCUT2D eigenvalue weighted by Crippen LogP contribution is -2.27. The largest absolute Gasteiger partial charge is 0.477 e. The average Bonchev–Trinajstić information content (AvgIpc) is 2.60. The summed E-state index contributed by atoms with van der Waals surface area (Å²) in [5.74, 6) is -1.25. The van der Waals surface area contributed by atoms with Crippen LogP contribution in [0.2, 0.25) is 0 Å². The van der Waals surface area contributed by atoms with Crippen molar-refractivity contribution in [3.05, 3.63) is 44.9 Å². The SMILES string of the molecule is O=C(O)c1[nH][nH]c(=O)c1C1(Cl)C=CC=C(Cl)C1. The molecule has 2 rings (SSSR count). The molecule has 0 saturated heterocycles. The van der Waals surface area contributed by atoms with Crippen molar-refractivity contribution in [2.45, 2.75) is 11.3 Å². The maximum Gasteiger partial charge on any atom is 0.354 e. The Morgan fingerprint density at radius 1 is 1.47 bits per heavy atom. The van der Waals surface area contributed by atoms with Crippen LogP contribution in [0.3, 0.4) is 0 Å². The molecule has 1 aromatic rings. The van der Waals surface area contributed by atoms with Crippen LogP contribution < -0.4 is 5.56 Å². The van der Waals surface area contributed by atoms with Crippen molar-refractivity contribution in [3.63, 3.8) is 0 Å². The zero-order valence-corrected chi connectivity index (χ0v) is 9.97. The molecule has 5 nitrogen and oxygen atoms in total. The van der Waals surface area contributed by atoms with E-state index in [1.54, 1.807) is 18.2 Å². The maximum absolute atomic E-state index is 11.6. The first-order valence-electron chi connectivity index (χ1n) is 4.71. The van der Waals surface area contributed by atoms with Gasteiger partial charge in [-0.1, -0.05) is 23.8 Å². The third kappa shape index (κ3) is 2.03. The predicted octanol–water partition coefficient (Wildman–Crippen LogP) is 1.92. The van der Waals surface area contributed by atoms with Gasteiger partial charge in [0.25, 0.3) is 5.56 Å². The van der Waals surface area contributed by atoms with Gasteiger partial charge in [-0.25, -0.2) is 4.79 Å². The van der Waals surface area contributed by atoms with Crippen molar-refractivity contribution in [1.29, 1.82) is 0 Å². The molecule has 1 aliphatic rings. The van der Waals surface area contributed by atoms with Gasteiger partial charge in [-0.15, -0.1) is 11.6 Å². The summed E-state index contributed by atoms with van der Waals surface area (Å²) >= 11 is 12.1. The van der Waals surface area contributed by atoms with Gasteiger partial charge in [0.15, 0.2) is 5.69 Å². The summed E-state index contributed by atoms with van der Waals surface area (Å²) in [4.78, 5) is 21.4. The Labute approximate surface area is 106 Å². The molecule has 0 radical (unpaired) electrons. The molecule has 0 saturated carbocycles. The molecule has 90 valence electrons. The number of nitrogens with one attached hydrogen (secondary N) is 2. The number of halogens is 2. The van der Waals surface area contributed by atoms with E-state index in [9.17, 15) is 9.59 Å². The first kappa shape index (κ1) is 12.0. The molecule has 0 spiro atoms. The second-order valence-corrected chi connectivity index (χ2v) is 4.81. The maximum atomic E-state index is 11.6. The lowest BCUT2D eigenvalue weighted by molar-refractivity contribution is 0.0688. The van der Waals surface area contributed by atoms with Crippen molar-refractivity contribution < 1.29 is 9.90 Å². The van der Waals surface area contributed by atoms with Gasteiger partial charge in [-0.3, -0.25) is 15.0 Å². The molecule has 1 heterocycles. The second kappa shape index (κ2) is 4.09. The quantitative estimate of drug-likeness (QED) is 0.721. The van der Waals surface area contributed by atoms with Crippen LogP contribution in [0.25, 0.3) is 0 Å². The first-order chi connectivity index (χ1) is 7.94. The molecule has 1 unspecified atom stereocenters. The molecule has 1 aromatic heterocycles. The van der Waals surface area contributed by atoms with Gasteiger partial charge in [-0.2, -0.15) is 0 Å². The number of alkyl halides is 1. The third-order valence-electron chi connectivity index (χ3n) is 2.47. The molecule has 7 heteroatoms. The average molecular weight is 275 g/mol. The molecular formula is C10H8Cl2N2O3. The van der Waals surface area contributed by atoms with Crippen LogP contribution in [0.5, 0.6) is 0 Å². The number of aromatic nitrogens is 2. The van der Waals surface area contributed by atoms with Gasteiger partial charge < -0.3 is 5.11 Å². The standard InChI is InChI=1S/C10H8Cl2N2O3/c11-5-2-1-3-10(12,4-5)6-7(9(16)17)13-14-8(6)15/h1-3H,4H2,(H,16,17)(H2,13,14,15). The zero-order valence-electron chi connectivity index (χ0n) is 8.46. The van der Waals surface area contributed by atoms with E-state index in [0.29, 0.717) is 5.03 Å². The van der Waals surface area contributed by atoms with Crippen LogP contribution in [0.4, 0.5) is 0 Å².